The van der Waals surface area contributed by atoms with Crippen molar-refractivity contribution in [1.82, 2.24) is 10.2 Å². The van der Waals surface area contributed by atoms with Gasteiger partial charge >= 0.3 is 0 Å². The molecule has 22 heavy (non-hydrogen) atoms. The Morgan fingerprint density at radius 3 is 2.36 bits per heavy atom. The molecule has 2 rings (SSSR count). The predicted octanol–water partition coefficient (Wildman–Crippen LogP) is 3.22. The molecule has 1 heterocycles. The first-order valence-corrected chi connectivity index (χ1v) is 7.13. The number of phenolic OH excluding ortho intramolecular Hbond substituents is 1. The molecule has 1 aliphatic rings. The number of hydrogen-bond acceptors (Lipinski definition) is 4. The SMILES string of the molecule is COc1ccc(Br)c([C@H](C(F)F)N2CCNCC2)c1O.Cl.Cl. The first-order chi connectivity index (χ1) is 9.56. The standard InChI is InChI=1S/C13H17BrF2N2O2.2ClH/c1-20-9-3-2-8(14)10(12(9)19)11(13(15)16)18-6-4-17-5-7-18;;/h2-3,11,13,17,19H,4-7H2,1H3;2*1H/t11-;;/m1../s1. The molecule has 0 amide bonds. The Hall–Kier alpha value is -0.340. The van der Waals surface area contributed by atoms with Gasteiger partial charge in [0.15, 0.2) is 11.5 Å². The largest absolute Gasteiger partial charge is 0.504 e. The Bertz CT molecular complexity index is 478. The maximum atomic E-state index is 13.5. The highest BCUT2D eigenvalue weighted by Crippen LogP contribution is 2.43. The molecule has 0 spiro atoms. The van der Waals surface area contributed by atoms with Gasteiger partial charge in [0.25, 0.3) is 6.43 Å². The van der Waals surface area contributed by atoms with E-state index in [2.05, 4.69) is 21.2 Å². The summed E-state index contributed by atoms with van der Waals surface area (Å²) in [6.45, 7) is 2.34. The normalized spacial score (nSPS) is 16.6. The van der Waals surface area contributed by atoms with E-state index in [1.54, 1.807) is 17.0 Å². The number of methoxy groups -OCH3 is 1. The van der Waals surface area contributed by atoms with Gasteiger partial charge < -0.3 is 15.2 Å². The third-order valence-electron chi connectivity index (χ3n) is 3.43. The van der Waals surface area contributed by atoms with Gasteiger partial charge in [0.05, 0.1) is 7.11 Å². The summed E-state index contributed by atoms with van der Waals surface area (Å²) >= 11 is 3.25. The van der Waals surface area contributed by atoms with E-state index in [4.69, 9.17) is 4.74 Å². The highest BCUT2D eigenvalue weighted by atomic mass is 79.9. The van der Waals surface area contributed by atoms with Crippen LogP contribution in [0.5, 0.6) is 11.5 Å². The topological polar surface area (TPSA) is 44.7 Å². The number of nitrogens with one attached hydrogen (secondary N) is 1. The van der Waals surface area contributed by atoms with E-state index in [9.17, 15) is 13.9 Å². The van der Waals surface area contributed by atoms with Gasteiger partial charge in [-0.1, -0.05) is 15.9 Å². The number of halogens is 5. The zero-order valence-electron chi connectivity index (χ0n) is 11.9. The second kappa shape index (κ2) is 9.72. The Labute approximate surface area is 149 Å². The third kappa shape index (κ3) is 4.58. The second-order valence-corrected chi connectivity index (χ2v) is 5.43. The molecular formula is C13H19BrCl2F2N2O2. The molecule has 1 fully saturated rings. The van der Waals surface area contributed by atoms with Crippen molar-refractivity contribution >= 4 is 40.7 Å². The molecule has 0 unspecified atom stereocenters. The van der Waals surface area contributed by atoms with Gasteiger partial charge in [-0.2, -0.15) is 0 Å². The van der Waals surface area contributed by atoms with E-state index < -0.39 is 12.5 Å². The van der Waals surface area contributed by atoms with Gasteiger partial charge in [0, 0.05) is 36.2 Å². The van der Waals surface area contributed by atoms with Crippen LogP contribution in [0.15, 0.2) is 16.6 Å². The summed E-state index contributed by atoms with van der Waals surface area (Å²) in [7, 11) is 1.40. The second-order valence-electron chi connectivity index (χ2n) is 4.58. The Morgan fingerprint density at radius 2 is 1.86 bits per heavy atom. The van der Waals surface area contributed by atoms with Crippen LogP contribution < -0.4 is 10.1 Å². The van der Waals surface area contributed by atoms with Gasteiger partial charge in [-0.15, -0.1) is 24.8 Å². The van der Waals surface area contributed by atoms with E-state index in [0.717, 1.165) is 0 Å². The number of nitrogens with zero attached hydrogens (tertiary/aromatic N) is 1. The molecule has 0 aromatic heterocycles. The number of hydrogen-bond donors (Lipinski definition) is 2. The molecule has 1 aliphatic heterocycles. The Kier molecular flexibility index (Phi) is 9.57. The molecule has 1 saturated heterocycles. The lowest BCUT2D eigenvalue weighted by Crippen LogP contribution is -2.47. The molecule has 0 aliphatic carbocycles. The minimum Gasteiger partial charge on any atom is -0.504 e. The summed E-state index contributed by atoms with van der Waals surface area (Å²) < 4.78 is 32.5. The van der Waals surface area contributed by atoms with Gasteiger partial charge in [0.1, 0.15) is 6.04 Å². The fraction of sp³-hybridized carbons (Fsp3) is 0.538. The summed E-state index contributed by atoms with van der Waals surface area (Å²) in [4.78, 5) is 1.68. The van der Waals surface area contributed by atoms with Crippen LogP contribution in [0.25, 0.3) is 0 Å². The zero-order valence-corrected chi connectivity index (χ0v) is 15.1. The molecule has 0 radical (unpaired) electrons. The van der Waals surface area contributed by atoms with Crippen LogP contribution in [0.1, 0.15) is 11.6 Å². The number of phenols is 1. The number of benzene rings is 1. The van der Waals surface area contributed by atoms with E-state index in [0.29, 0.717) is 30.7 Å². The van der Waals surface area contributed by atoms with E-state index in [1.165, 1.54) is 7.11 Å². The van der Waals surface area contributed by atoms with Gasteiger partial charge in [0.2, 0.25) is 0 Å². The van der Waals surface area contributed by atoms with Crippen molar-refractivity contribution in [3.63, 3.8) is 0 Å². The number of aromatic hydroxyl groups is 1. The molecule has 0 bridgehead atoms. The lowest BCUT2D eigenvalue weighted by Gasteiger charge is -2.35. The molecule has 1 aromatic carbocycles. The maximum absolute atomic E-state index is 13.5. The van der Waals surface area contributed by atoms with Crippen LogP contribution in [0.2, 0.25) is 0 Å². The smallest absolute Gasteiger partial charge is 0.258 e. The lowest BCUT2D eigenvalue weighted by atomic mass is 10.0. The minimum absolute atomic E-state index is 0. The van der Waals surface area contributed by atoms with E-state index in [-0.39, 0.29) is 41.9 Å². The van der Waals surface area contributed by atoms with Crippen molar-refractivity contribution in [2.75, 3.05) is 33.3 Å². The highest BCUT2D eigenvalue weighted by molar-refractivity contribution is 9.10. The zero-order chi connectivity index (χ0) is 14.7. The number of ether oxygens (including phenoxy) is 1. The quantitative estimate of drug-likeness (QED) is 0.780. The molecule has 0 saturated carbocycles. The van der Waals surface area contributed by atoms with Crippen LogP contribution in [-0.4, -0.2) is 49.7 Å². The summed E-state index contributed by atoms with van der Waals surface area (Å²) in [6.07, 6.45) is -2.59. The summed E-state index contributed by atoms with van der Waals surface area (Å²) in [5.41, 5.74) is 0.182. The Balaban J connectivity index is 0.00000220. The summed E-state index contributed by atoms with van der Waals surface area (Å²) in [5, 5.41) is 13.3. The van der Waals surface area contributed by atoms with Gasteiger partial charge in [-0.3, -0.25) is 4.90 Å². The molecule has 1 atom stereocenters. The fourth-order valence-electron chi connectivity index (χ4n) is 2.44. The van der Waals surface area contributed by atoms with Crippen LogP contribution in [0, 0.1) is 0 Å². The summed E-state index contributed by atoms with van der Waals surface area (Å²) in [6, 6.07) is 2.01. The van der Waals surface area contributed by atoms with Crippen molar-refractivity contribution in [2.24, 2.45) is 0 Å². The average molecular weight is 424 g/mol. The number of rotatable bonds is 4. The first-order valence-electron chi connectivity index (χ1n) is 6.34. The van der Waals surface area contributed by atoms with Crippen molar-refractivity contribution in [1.29, 1.82) is 0 Å². The fourth-order valence-corrected chi connectivity index (χ4v) is 2.99. The van der Waals surface area contributed by atoms with Crippen LogP contribution in [0.3, 0.4) is 0 Å². The number of piperazine rings is 1. The van der Waals surface area contributed by atoms with Crippen molar-refractivity contribution in [3.8, 4) is 11.5 Å². The van der Waals surface area contributed by atoms with Crippen LogP contribution in [0.4, 0.5) is 8.78 Å². The molecule has 128 valence electrons. The lowest BCUT2D eigenvalue weighted by molar-refractivity contribution is 0.0165. The van der Waals surface area contributed by atoms with E-state index in [1.807, 2.05) is 0 Å². The highest BCUT2D eigenvalue weighted by Gasteiger charge is 2.34. The van der Waals surface area contributed by atoms with Crippen molar-refractivity contribution < 1.29 is 18.6 Å². The maximum Gasteiger partial charge on any atom is 0.258 e. The molecule has 2 N–H and O–H groups in total. The number of alkyl halides is 2. The first kappa shape index (κ1) is 21.7. The molecule has 4 nitrogen and oxygen atoms in total. The van der Waals surface area contributed by atoms with Crippen molar-refractivity contribution in [2.45, 2.75) is 12.5 Å². The summed E-state index contributed by atoms with van der Waals surface area (Å²) in [5.74, 6) is -0.0327. The van der Waals surface area contributed by atoms with E-state index >= 15 is 0 Å². The third-order valence-corrected chi connectivity index (χ3v) is 4.12. The minimum atomic E-state index is -2.59. The van der Waals surface area contributed by atoms with Gasteiger partial charge in [-0.25, -0.2) is 8.78 Å². The molecular weight excluding hydrogens is 405 g/mol. The molecule has 9 heteroatoms. The Morgan fingerprint density at radius 1 is 1.27 bits per heavy atom. The average Bonchev–Trinajstić information content (AvgIpc) is 2.44. The van der Waals surface area contributed by atoms with Crippen LogP contribution in [-0.2, 0) is 0 Å². The predicted molar refractivity (Wildman–Crippen MR) is 90.0 cm³/mol. The van der Waals surface area contributed by atoms with Gasteiger partial charge in [-0.05, 0) is 12.1 Å². The monoisotopic (exact) mass is 422 g/mol. The molecule has 1 aromatic rings. The van der Waals surface area contributed by atoms with Crippen LogP contribution >= 0.6 is 40.7 Å². The van der Waals surface area contributed by atoms with Crippen molar-refractivity contribution in [3.05, 3.63) is 22.2 Å².